The molecule has 0 aromatic heterocycles. The van der Waals surface area contributed by atoms with Crippen molar-refractivity contribution in [2.75, 3.05) is 26.9 Å². The molecule has 0 spiro atoms. The molecule has 0 unspecified atom stereocenters. The number of rotatable bonds is 11. The first-order chi connectivity index (χ1) is 27.3. The summed E-state index contributed by atoms with van der Waals surface area (Å²) in [6, 6.07) is 0. The summed E-state index contributed by atoms with van der Waals surface area (Å²) in [6.45, 7) is 7.09. The van der Waals surface area contributed by atoms with Crippen LogP contribution in [-0.4, -0.2) is 192 Å². The highest BCUT2D eigenvalue weighted by Crippen LogP contribution is 2.72. The Morgan fingerprint density at radius 1 is 0.707 bits per heavy atom. The van der Waals surface area contributed by atoms with Crippen LogP contribution in [0.1, 0.15) is 72.6 Å². The monoisotopic (exact) mass is 836 g/mol. The summed E-state index contributed by atoms with van der Waals surface area (Å²) in [5, 5.41) is 128. The molecule has 12 N–H and O–H groups in total. The molecule has 7 fully saturated rings. The number of aliphatic hydroxyl groups is 12. The van der Waals surface area contributed by atoms with E-state index in [1.54, 1.807) is 14.0 Å². The average molecular weight is 837 g/mol. The third-order valence-electron chi connectivity index (χ3n) is 16.6. The molecule has 0 aromatic rings. The zero-order chi connectivity index (χ0) is 42.4. The molecule has 7 rings (SSSR count). The molecule has 25 atom stereocenters. The van der Waals surface area contributed by atoms with Crippen LogP contribution in [0.2, 0.25) is 0 Å². The van der Waals surface area contributed by atoms with E-state index in [0.29, 0.717) is 38.5 Å². The molecular weight excluding hydrogens is 768 g/mol. The molecule has 58 heavy (non-hydrogen) atoms. The van der Waals surface area contributed by atoms with Crippen molar-refractivity contribution in [2.24, 2.45) is 46.3 Å². The van der Waals surface area contributed by atoms with Crippen molar-refractivity contribution in [2.45, 2.75) is 176 Å². The van der Waals surface area contributed by atoms with Gasteiger partial charge in [-0.25, -0.2) is 0 Å². The Morgan fingerprint density at radius 2 is 1.29 bits per heavy atom. The van der Waals surface area contributed by atoms with Crippen LogP contribution in [0.25, 0.3) is 0 Å². The molecule has 0 aromatic carbocycles. The third kappa shape index (κ3) is 6.67. The van der Waals surface area contributed by atoms with Gasteiger partial charge in [-0.2, -0.15) is 0 Å². The van der Waals surface area contributed by atoms with Gasteiger partial charge >= 0.3 is 0 Å². The maximum Gasteiger partial charge on any atom is 0.187 e. The Hall–Kier alpha value is -0.720. The van der Waals surface area contributed by atoms with E-state index in [4.69, 9.17) is 28.4 Å². The first-order valence-electron chi connectivity index (χ1n) is 21.1. The van der Waals surface area contributed by atoms with Crippen molar-refractivity contribution in [3.05, 3.63) is 0 Å². The van der Waals surface area contributed by atoms with Gasteiger partial charge in [0.15, 0.2) is 18.4 Å². The van der Waals surface area contributed by atoms with E-state index in [1.165, 1.54) is 0 Å². The van der Waals surface area contributed by atoms with Crippen molar-refractivity contribution in [3.8, 4) is 0 Å². The third-order valence-corrected chi connectivity index (χ3v) is 16.6. The average Bonchev–Trinajstić information content (AvgIpc) is 3.67. The molecule has 18 heteroatoms. The Bertz CT molecular complexity index is 1430. The zero-order valence-electron chi connectivity index (χ0n) is 34.0. The number of hydrogen-bond donors (Lipinski definition) is 12. The van der Waals surface area contributed by atoms with Gasteiger partial charge in [-0.15, -0.1) is 0 Å². The van der Waals surface area contributed by atoms with E-state index in [1.807, 2.05) is 6.92 Å². The lowest BCUT2D eigenvalue weighted by molar-refractivity contribution is -0.398. The predicted molar refractivity (Wildman–Crippen MR) is 197 cm³/mol. The van der Waals surface area contributed by atoms with Gasteiger partial charge in [0, 0.05) is 24.9 Å². The molecule has 336 valence electrons. The molecule has 0 bridgehead atoms. The second kappa shape index (κ2) is 16.4. The first-order valence-corrected chi connectivity index (χ1v) is 21.1. The van der Waals surface area contributed by atoms with Gasteiger partial charge in [0.2, 0.25) is 0 Å². The highest BCUT2D eigenvalue weighted by atomic mass is 16.7. The summed E-state index contributed by atoms with van der Waals surface area (Å²) < 4.78 is 36.7. The van der Waals surface area contributed by atoms with Crippen LogP contribution in [-0.2, 0) is 28.4 Å². The molecule has 0 radical (unpaired) electrons. The van der Waals surface area contributed by atoms with E-state index in [0.717, 1.165) is 0 Å². The molecule has 3 aliphatic heterocycles. The summed E-state index contributed by atoms with van der Waals surface area (Å²) in [7, 11) is 1.65. The number of ether oxygens (including phenoxy) is 6. The minimum Gasteiger partial charge on any atom is -0.394 e. The highest BCUT2D eigenvalue weighted by Gasteiger charge is 2.76. The Morgan fingerprint density at radius 3 is 1.90 bits per heavy atom. The van der Waals surface area contributed by atoms with Crippen molar-refractivity contribution >= 4 is 0 Å². The largest absolute Gasteiger partial charge is 0.394 e. The molecule has 4 saturated carbocycles. The quantitative estimate of drug-likeness (QED) is 0.0928. The van der Waals surface area contributed by atoms with Crippen LogP contribution < -0.4 is 0 Å². The minimum atomic E-state index is -1.80. The van der Waals surface area contributed by atoms with Gasteiger partial charge in [0.25, 0.3) is 0 Å². The van der Waals surface area contributed by atoms with E-state index in [-0.39, 0.29) is 60.1 Å². The molecular formula is C40H68O18. The standard InChI is InChI=1S/C40H68O18/c1-16(15-54-35-31(49)27(45)25(43)22(13-41)55-35)6-11-40(53-5)17(2)24-21(57-40)12-20-18-7-10-39(58-36-32(50)28(46)26(44)23(14-42)56-36)34(52)30(48)29(47)33(51)38(39,4)19(18)8-9-37(20,24)3/h16-36,41-52H,6-15H2,1-5H3/t16-,17+,18-,19-,20-,21+,22+,23+,24+,25-,26-,27-,28-,29-,30+,31-,32+,33-,34+,35-,36+,37+,38+,39+,40-/m1/s1. The van der Waals surface area contributed by atoms with Crippen molar-refractivity contribution < 1.29 is 89.7 Å². The molecule has 3 saturated heterocycles. The van der Waals surface area contributed by atoms with E-state index in [2.05, 4.69) is 13.8 Å². The van der Waals surface area contributed by atoms with Crippen LogP contribution in [0.5, 0.6) is 0 Å². The van der Waals surface area contributed by atoms with Crippen LogP contribution >= 0.6 is 0 Å². The van der Waals surface area contributed by atoms with Crippen LogP contribution in [0, 0.1) is 46.3 Å². The SMILES string of the molecule is CO[C@]1(CC[C@@H](C)CO[C@@H]2O[C@@H](CO)[C@@H](O)[C@@H](O)[C@H]2O)O[C@H]2C[C@@H]3[C@@H]4CC[C@]5(O[C@@H]6O[C@@H](CO)[C@@H](O)[C@@H](O)[C@@H]6O)[C@@H](O)[C@@H](O)[C@@H](O)[C@@H](O)[C@]5(C)[C@@H]4CC[C@]3(C)[C@H]2[C@@H]1C. The summed E-state index contributed by atoms with van der Waals surface area (Å²) in [4.78, 5) is 0. The topological polar surface area (TPSA) is 298 Å². The second-order valence-electron chi connectivity index (χ2n) is 19.2. The lowest BCUT2D eigenvalue weighted by atomic mass is 9.41. The van der Waals surface area contributed by atoms with Crippen molar-refractivity contribution in [1.82, 2.24) is 0 Å². The minimum absolute atomic E-state index is 0.0162. The fraction of sp³-hybridized carbons (Fsp3) is 1.00. The maximum atomic E-state index is 12.0. The van der Waals surface area contributed by atoms with E-state index >= 15 is 0 Å². The smallest absolute Gasteiger partial charge is 0.187 e. The number of methoxy groups -OCH3 is 1. The van der Waals surface area contributed by atoms with Crippen LogP contribution in [0.4, 0.5) is 0 Å². The predicted octanol–water partition coefficient (Wildman–Crippen LogP) is -2.92. The second-order valence-corrected chi connectivity index (χ2v) is 19.2. The van der Waals surface area contributed by atoms with Crippen molar-refractivity contribution in [3.63, 3.8) is 0 Å². The molecule has 4 aliphatic carbocycles. The summed E-state index contributed by atoms with van der Waals surface area (Å²) >= 11 is 0. The molecule has 18 nitrogen and oxygen atoms in total. The van der Waals surface area contributed by atoms with Crippen molar-refractivity contribution in [1.29, 1.82) is 0 Å². The number of fused-ring (bicyclic) bond motifs is 7. The Kier molecular flexibility index (Phi) is 12.8. The zero-order valence-corrected chi connectivity index (χ0v) is 34.0. The normalized spacial score (nSPS) is 57.3. The van der Waals surface area contributed by atoms with Crippen LogP contribution in [0.3, 0.4) is 0 Å². The summed E-state index contributed by atoms with van der Waals surface area (Å²) in [5.41, 5.74) is -3.36. The van der Waals surface area contributed by atoms with E-state index < -0.39 is 116 Å². The fourth-order valence-electron chi connectivity index (χ4n) is 13.3. The number of hydrogen-bond acceptors (Lipinski definition) is 18. The van der Waals surface area contributed by atoms with Gasteiger partial charge in [-0.3, -0.25) is 0 Å². The Labute approximate surface area is 338 Å². The van der Waals surface area contributed by atoms with Crippen LogP contribution in [0.15, 0.2) is 0 Å². The molecule has 0 amide bonds. The van der Waals surface area contributed by atoms with Gasteiger partial charge in [-0.1, -0.05) is 27.7 Å². The maximum absolute atomic E-state index is 12.0. The molecule has 3 heterocycles. The number of aliphatic hydroxyl groups excluding tert-OH is 12. The highest BCUT2D eigenvalue weighted by molar-refractivity contribution is 5.23. The summed E-state index contributed by atoms with van der Waals surface area (Å²) in [5.74, 6) is -1.10. The van der Waals surface area contributed by atoms with Gasteiger partial charge in [0.1, 0.15) is 72.7 Å². The molecule has 7 aliphatic rings. The first kappa shape index (κ1) is 45.3. The summed E-state index contributed by atoms with van der Waals surface area (Å²) in [6.07, 6.45) is -18.1. The van der Waals surface area contributed by atoms with Gasteiger partial charge in [0.05, 0.1) is 32.0 Å². The Balaban J connectivity index is 1.07. The van der Waals surface area contributed by atoms with Gasteiger partial charge in [-0.05, 0) is 73.5 Å². The van der Waals surface area contributed by atoms with E-state index in [9.17, 15) is 61.3 Å². The fourth-order valence-corrected chi connectivity index (χ4v) is 13.3. The lowest BCUT2D eigenvalue weighted by Crippen LogP contribution is -2.79. The van der Waals surface area contributed by atoms with Gasteiger partial charge < -0.3 is 89.7 Å². The lowest BCUT2D eigenvalue weighted by Gasteiger charge is -2.68.